The number of hydrogen-bond donors (Lipinski definition) is 1. The van der Waals surface area contributed by atoms with Crippen molar-refractivity contribution in [3.63, 3.8) is 0 Å². The molecule has 0 aromatic heterocycles. The van der Waals surface area contributed by atoms with Crippen molar-refractivity contribution in [1.29, 1.82) is 0 Å². The highest BCUT2D eigenvalue weighted by Crippen LogP contribution is 2.36. The van der Waals surface area contributed by atoms with Crippen molar-refractivity contribution in [2.24, 2.45) is 0 Å². The molecule has 0 aromatic rings. The summed E-state index contributed by atoms with van der Waals surface area (Å²) in [5, 5.41) is 8.84. The Labute approximate surface area is 319 Å². The molecule has 0 aliphatic heterocycles. The number of aliphatic carboxylic acids is 1. The largest absolute Gasteiger partial charge is 0.481 e. The van der Waals surface area contributed by atoms with Gasteiger partial charge in [-0.05, 0) is 143 Å². The van der Waals surface area contributed by atoms with E-state index in [0.29, 0.717) is 6.04 Å². The molecule has 50 heavy (non-hydrogen) atoms. The third kappa shape index (κ3) is 27.7. The van der Waals surface area contributed by atoms with Crippen LogP contribution in [0.15, 0.2) is 0 Å². The topological polar surface area (TPSA) is 102 Å². The Morgan fingerprint density at radius 3 is 1.00 bits per heavy atom. The van der Waals surface area contributed by atoms with Gasteiger partial charge in [-0.25, -0.2) is 0 Å². The quantitative estimate of drug-likeness (QED) is 0.0608. The second kappa shape index (κ2) is 20.3. The maximum absolute atomic E-state index is 10.7. The second-order valence-corrected chi connectivity index (χ2v) is 56.9. The average molecular weight is 864 g/mol. The molecule has 0 radical (unpaired) electrons. The predicted octanol–water partition coefficient (Wildman–Crippen LogP) is 11.7. The van der Waals surface area contributed by atoms with Crippen LogP contribution in [0.4, 0.5) is 0 Å². The molecule has 0 heterocycles. The van der Waals surface area contributed by atoms with Crippen LogP contribution in [-0.4, -0.2) is 87.1 Å². The van der Waals surface area contributed by atoms with E-state index in [4.69, 9.17) is 33.9 Å². The van der Waals surface area contributed by atoms with Gasteiger partial charge in [0.05, 0.1) is 0 Å². The fraction of sp³-hybridized carbons (Fsp3) is 0.969. The van der Waals surface area contributed by atoms with Crippen LogP contribution in [-0.2, 0) is 33.6 Å². The number of carbonyl (C=O) groups is 1. The fourth-order valence-electron chi connectivity index (χ4n) is 6.38. The molecular weight excluding hydrogens is 781 g/mol. The van der Waals surface area contributed by atoms with Gasteiger partial charge in [-0.1, -0.05) is 44.9 Å². The molecule has 18 heteroatoms. The SMILES string of the molecule is C[Si](C)(C)O[Si](C)(CCCCCCCCCCC(=O)O)O[Si](C)(C)O[Si](C)(CC[Si](O[Si](C)(C)C)(O[Si](C)(C)C)O[Si](C)(C)C)O[Si](C)(C)C. The van der Waals surface area contributed by atoms with Gasteiger partial charge < -0.3 is 33.9 Å². The zero-order chi connectivity index (χ0) is 39.5. The molecule has 0 aromatic carbocycles. The number of rotatable bonds is 28. The molecule has 0 saturated carbocycles. The lowest BCUT2D eigenvalue weighted by atomic mass is 10.1. The van der Waals surface area contributed by atoms with Gasteiger partial charge in [0.1, 0.15) is 0 Å². The number of hydrogen-bond acceptors (Lipinski definition) is 8. The van der Waals surface area contributed by atoms with Crippen LogP contribution in [0.5, 0.6) is 0 Å². The van der Waals surface area contributed by atoms with Crippen LogP contribution < -0.4 is 0 Å². The molecule has 0 spiro atoms. The number of unbranched alkanes of at least 4 members (excludes halogenated alkanes) is 7. The fourth-order valence-corrected chi connectivity index (χ4v) is 46.3. The van der Waals surface area contributed by atoms with Gasteiger partial charge in [0.25, 0.3) is 0 Å². The Morgan fingerprint density at radius 2 is 0.680 bits per heavy atom. The van der Waals surface area contributed by atoms with E-state index in [-0.39, 0.29) is 6.42 Å². The van der Waals surface area contributed by atoms with Crippen LogP contribution in [0, 0.1) is 0 Å². The molecule has 2 unspecified atom stereocenters. The standard InChI is InChI=1S/C32H82O9Si9/c1-42(2,3)35-48(18,29-27-25-23-21-20-22-24-26-28-32(33)34)40-47(16,17)41-49(19,36-43(4,5)6)30-31-50(37-44(7,8)9,38-45(10,11)12)39-46(13,14)15/h20-31H2,1-19H3,(H,33,34). The normalized spacial score (nSPS) is 16.7. The Balaban J connectivity index is 6.09. The molecule has 1 N–H and O–H groups in total. The van der Waals surface area contributed by atoms with Crippen molar-refractivity contribution < 1.29 is 38.7 Å². The molecule has 300 valence electrons. The molecular formula is C32H82O9Si9. The number of carboxylic acids is 1. The summed E-state index contributed by atoms with van der Waals surface area (Å²) in [4.78, 5) is 10.7. The van der Waals surface area contributed by atoms with Gasteiger partial charge >= 0.3 is 40.5 Å². The zero-order valence-corrected chi connectivity index (χ0v) is 45.2. The molecule has 0 aliphatic rings. The molecule has 9 nitrogen and oxygen atoms in total. The summed E-state index contributed by atoms with van der Waals surface area (Å²) in [6, 6.07) is 2.40. The van der Waals surface area contributed by atoms with Crippen LogP contribution in [0.1, 0.15) is 57.8 Å². The lowest BCUT2D eigenvalue weighted by Crippen LogP contribution is -2.63. The van der Waals surface area contributed by atoms with Gasteiger partial charge in [-0.3, -0.25) is 4.79 Å². The first-order valence-corrected chi connectivity index (χ1v) is 46.0. The van der Waals surface area contributed by atoms with Crippen molar-refractivity contribution >= 4 is 82.0 Å². The highest BCUT2D eigenvalue weighted by atomic mass is 28.5. The summed E-state index contributed by atoms with van der Waals surface area (Å²) in [6.45, 7) is 42.5. The summed E-state index contributed by atoms with van der Waals surface area (Å²) in [5.41, 5.74) is 0. The van der Waals surface area contributed by atoms with Crippen LogP contribution >= 0.6 is 0 Å². The Morgan fingerprint density at radius 1 is 0.380 bits per heavy atom. The molecule has 0 bridgehead atoms. The Kier molecular flexibility index (Phi) is 20.8. The smallest absolute Gasteiger partial charge is 0.469 e. The number of carboxylic acid groups (broad SMARTS) is 1. The van der Waals surface area contributed by atoms with Crippen LogP contribution in [0.3, 0.4) is 0 Å². The van der Waals surface area contributed by atoms with E-state index in [9.17, 15) is 4.79 Å². The first-order valence-electron chi connectivity index (χ1n) is 19.2. The highest BCUT2D eigenvalue weighted by molar-refractivity contribution is 6.93. The summed E-state index contributed by atoms with van der Waals surface area (Å²) >= 11 is 0. The van der Waals surface area contributed by atoms with Crippen LogP contribution in [0.25, 0.3) is 0 Å². The van der Waals surface area contributed by atoms with E-state index in [1.54, 1.807) is 0 Å². The third-order valence-electron chi connectivity index (χ3n) is 7.01. The molecule has 0 rings (SSSR count). The molecule has 0 fully saturated rings. The van der Waals surface area contributed by atoms with E-state index in [1.165, 1.54) is 19.3 Å². The second-order valence-electron chi connectivity index (χ2n) is 19.8. The van der Waals surface area contributed by atoms with Crippen molar-refractivity contribution in [2.75, 3.05) is 0 Å². The molecule has 2 atom stereocenters. The monoisotopic (exact) mass is 862 g/mol. The first kappa shape index (κ1) is 51.1. The van der Waals surface area contributed by atoms with E-state index in [0.717, 1.165) is 44.2 Å². The van der Waals surface area contributed by atoms with Gasteiger partial charge in [0, 0.05) is 12.5 Å². The van der Waals surface area contributed by atoms with Gasteiger partial charge in [0.2, 0.25) is 0 Å². The van der Waals surface area contributed by atoms with E-state index >= 15 is 0 Å². The minimum absolute atomic E-state index is 0.283. The van der Waals surface area contributed by atoms with Gasteiger partial charge in [-0.2, -0.15) is 0 Å². The summed E-state index contributed by atoms with van der Waals surface area (Å²) < 4.78 is 49.7. The highest BCUT2D eigenvalue weighted by Gasteiger charge is 2.54. The van der Waals surface area contributed by atoms with Crippen molar-refractivity contribution in [3.8, 4) is 0 Å². The van der Waals surface area contributed by atoms with E-state index < -0.39 is 82.0 Å². The minimum atomic E-state index is -3.07. The lowest BCUT2D eigenvalue weighted by Gasteiger charge is -2.46. The first-order chi connectivity index (χ1) is 22.1. The summed E-state index contributed by atoms with van der Waals surface area (Å²) in [6.07, 6.45) is 8.97. The van der Waals surface area contributed by atoms with E-state index in [2.05, 4.69) is 124 Å². The third-order valence-corrected chi connectivity index (χ3v) is 37.6. The van der Waals surface area contributed by atoms with Gasteiger partial charge in [0.15, 0.2) is 41.6 Å². The summed E-state index contributed by atoms with van der Waals surface area (Å²) in [7, 11) is -21.1. The van der Waals surface area contributed by atoms with Crippen molar-refractivity contribution in [3.05, 3.63) is 0 Å². The van der Waals surface area contributed by atoms with Gasteiger partial charge in [-0.15, -0.1) is 0 Å². The molecule has 0 amide bonds. The van der Waals surface area contributed by atoms with Crippen LogP contribution in [0.2, 0.25) is 143 Å². The predicted molar refractivity (Wildman–Crippen MR) is 234 cm³/mol. The zero-order valence-electron chi connectivity index (χ0n) is 36.2. The Bertz CT molecular complexity index is 963. The maximum Gasteiger partial charge on any atom is 0.469 e. The minimum Gasteiger partial charge on any atom is -0.481 e. The van der Waals surface area contributed by atoms with E-state index in [1.807, 2.05) is 0 Å². The lowest BCUT2D eigenvalue weighted by molar-refractivity contribution is -0.137. The van der Waals surface area contributed by atoms with Crippen molar-refractivity contribution in [2.45, 2.75) is 200 Å². The summed E-state index contributed by atoms with van der Waals surface area (Å²) in [5.74, 6) is -0.693. The van der Waals surface area contributed by atoms with Crippen molar-refractivity contribution in [1.82, 2.24) is 0 Å². The molecule has 0 aliphatic carbocycles. The molecule has 0 saturated heterocycles. The average Bonchev–Trinajstić information content (AvgIpc) is 2.77. The Hall–Kier alpha value is 1.14. The maximum atomic E-state index is 10.7.